The van der Waals surface area contributed by atoms with Crippen molar-refractivity contribution in [2.24, 2.45) is 5.41 Å². The van der Waals surface area contributed by atoms with Crippen molar-refractivity contribution < 1.29 is 21.6 Å². The lowest BCUT2D eigenvalue weighted by atomic mass is 9.91. The number of methoxy groups -OCH3 is 1. The van der Waals surface area contributed by atoms with Gasteiger partial charge in [-0.15, -0.1) is 0 Å². The Morgan fingerprint density at radius 3 is 2.22 bits per heavy atom. The van der Waals surface area contributed by atoms with Crippen LogP contribution in [0.5, 0.6) is 5.75 Å². The summed E-state index contributed by atoms with van der Waals surface area (Å²) >= 11 is 0. The van der Waals surface area contributed by atoms with E-state index in [0.717, 1.165) is 18.7 Å². The van der Waals surface area contributed by atoms with Crippen molar-refractivity contribution >= 4 is 19.9 Å². The van der Waals surface area contributed by atoms with Crippen LogP contribution in [0, 0.1) is 5.41 Å². The van der Waals surface area contributed by atoms with E-state index < -0.39 is 19.9 Å². The molecule has 1 N–H and O–H groups in total. The van der Waals surface area contributed by atoms with Gasteiger partial charge in [0.1, 0.15) is 10.6 Å². The molecule has 0 saturated heterocycles. The number of ether oxygens (including phenoxy) is 1. The number of hydrogen-bond donors (Lipinski definition) is 1. The highest BCUT2D eigenvalue weighted by Crippen LogP contribution is 2.27. The monoisotopic (exact) mass is 363 g/mol. The molecule has 0 aromatic heterocycles. The fraction of sp³-hybridized carbons (Fsp3) is 0.600. The first kappa shape index (κ1) is 19.9. The molecule has 1 aromatic rings. The maximum absolute atomic E-state index is 12.4. The van der Waals surface area contributed by atoms with Crippen molar-refractivity contribution in [1.29, 1.82) is 0 Å². The van der Waals surface area contributed by atoms with Gasteiger partial charge in [0.15, 0.2) is 9.84 Å². The van der Waals surface area contributed by atoms with Gasteiger partial charge in [-0.1, -0.05) is 20.8 Å². The summed E-state index contributed by atoms with van der Waals surface area (Å²) in [7, 11) is -6.00. The molecule has 0 heterocycles. The van der Waals surface area contributed by atoms with Crippen LogP contribution in [0.15, 0.2) is 28.0 Å². The van der Waals surface area contributed by atoms with E-state index in [4.69, 9.17) is 4.74 Å². The zero-order chi connectivity index (χ0) is 17.9. The van der Waals surface area contributed by atoms with Crippen LogP contribution in [0.2, 0.25) is 0 Å². The molecule has 0 unspecified atom stereocenters. The second kappa shape index (κ2) is 7.19. The van der Waals surface area contributed by atoms with Gasteiger partial charge >= 0.3 is 0 Å². The average molecular weight is 364 g/mol. The van der Waals surface area contributed by atoms with Crippen LogP contribution in [0.4, 0.5) is 0 Å². The molecule has 0 aliphatic carbocycles. The molecule has 0 fully saturated rings. The number of sulfone groups is 1. The minimum atomic E-state index is -3.84. The van der Waals surface area contributed by atoms with Crippen molar-refractivity contribution in [3.63, 3.8) is 0 Å². The SMILES string of the molecule is COc1ccc(S(C)(=O)=O)cc1S(=O)(=O)NCCCC(C)(C)C. The van der Waals surface area contributed by atoms with Gasteiger partial charge < -0.3 is 4.74 Å². The third-order valence-corrected chi connectivity index (χ3v) is 5.84. The van der Waals surface area contributed by atoms with Gasteiger partial charge in [0.25, 0.3) is 0 Å². The summed E-state index contributed by atoms with van der Waals surface area (Å²) in [6.07, 6.45) is 2.59. The lowest BCUT2D eigenvalue weighted by Gasteiger charge is -2.18. The fourth-order valence-electron chi connectivity index (χ4n) is 2.00. The third-order valence-electron chi connectivity index (χ3n) is 3.25. The van der Waals surface area contributed by atoms with E-state index in [-0.39, 0.29) is 27.5 Å². The first-order valence-corrected chi connectivity index (χ1v) is 10.6. The Bertz CT molecular complexity index is 747. The second-order valence-electron chi connectivity index (χ2n) is 6.65. The van der Waals surface area contributed by atoms with Crippen LogP contribution in [0.1, 0.15) is 33.6 Å². The number of rotatable bonds is 7. The van der Waals surface area contributed by atoms with Crippen molar-refractivity contribution in [2.75, 3.05) is 19.9 Å². The summed E-state index contributed by atoms with van der Waals surface area (Å²) in [5, 5.41) is 0. The molecule has 8 heteroatoms. The average Bonchev–Trinajstić information content (AvgIpc) is 2.41. The standard InChI is InChI=1S/C15H25NO5S2/c1-15(2,3)9-6-10-16-23(19,20)14-11-12(22(5,17)18)7-8-13(14)21-4/h7-8,11,16H,6,9-10H2,1-5H3. The zero-order valence-electron chi connectivity index (χ0n) is 14.2. The Morgan fingerprint density at radius 2 is 1.74 bits per heavy atom. The highest BCUT2D eigenvalue weighted by Gasteiger charge is 2.22. The molecule has 0 aliphatic rings. The Hall–Kier alpha value is -1.12. The predicted octanol–water partition coefficient (Wildman–Crippen LogP) is 2.20. The van der Waals surface area contributed by atoms with Crippen LogP contribution >= 0.6 is 0 Å². The summed E-state index contributed by atoms with van der Waals surface area (Å²) in [5.74, 6) is 0.112. The van der Waals surface area contributed by atoms with E-state index in [2.05, 4.69) is 25.5 Å². The number of hydrogen-bond acceptors (Lipinski definition) is 5. The van der Waals surface area contributed by atoms with Gasteiger partial charge in [-0.3, -0.25) is 0 Å². The van der Waals surface area contributed by atoms with Gasteiger partial charge in [-0.05, 0) is 36.5 Å². The van der Waals surface area contributed by atoms with E-state index in [1.54, 1.807) is 0 Å². The Labute approximate surface area is 139 Å². The van der Waals surface area contributed by atoms with Crippen LogP contribution < -0.4 is 9.46 Å². The van der Waals surface area contributed by atoms with Gasteiger partial charge in [0.2, 0.25) is 10.0 Å². The molecule has 132 valence electrons. The van der Waals surface area contributed by atoms with Crippen LogP contribution in [0.25, 0.3) is 0 Å². The normalized spacial score (nSPS) is 13.1. The summed E-state index contributed by atoms with van der Waals surface area (Å²) in [6.45, 7) is 6.53. The summed E-state index contributed by atoms with van der Waals surface area (Å²) in [5.41, 5.74) is 0.124. The zero-order valence-corrected chi connectivity index (χ0v) is 15.8. The van der Waals surface area contributed by atoms with Crippen LogP contribution in [-0.2, 0) is 19.9 Å². The van der Waals surface area contributed by atoms with Crippen molar-refractivity contribution in [3.05, 3.63) is 18.2 Å². The lowest BCUT2D eigenvalue weighted by Crippen LogP contribution is -2.26. The first-order chi connectivity index (χ1) is 10.4. The minimum Gasteiger partial charge on any atom is -0.495 e. The summed E-state index contributed by atoms with van der Waals surface area (Å²) in [4.78, 5) is -0.230. The van der Waals surface area contributed by atoms with Crippen LogP contribution in [0.3, 0.4) is 0 Å². The summed E-state index contributed by atoms with van der Waals surface area (Å²) in [6, 6.07) is 3.80. The molecule has 0 spiro atoms. The highest BCUT2D eigenvalue weighted by molar-refractivity contribution is 7.91. The van der Waals surface area contributed by atoms with Crippen LogP contribution in [-0.4, -0.2) is 36.7 Å². The maximum Gasteiger partial charge on any atom is 0.244 e. The Balaban J connectivity index is 3.02. The predicted molar refractivity (Wildman–Crippen MR) is 90.0 cm³/mol. The molecule has 0 aliphatic heterocycles. The van der Waals surface area contributed by atoms with Gasteiger partial charge in [-0.2, -0.15) is 0 Å². The Morgan fingerprint density at radius 1 is 1.13 bits per heavy atom. The largest absolute Gasteiger partial charge is 0.495 e. The molecule has 0 saturated carbocycles. The maximum atomic E-state index is 12.4. The van der Waals surface area contributed by atoms with E-state index in [1.807, 2.05) is 0 Å². The van der Waals surface area contributed by atoms with Gasteiger partial charge in [0, 0.05) is 12.8 Å². The van der Waals surface area contributed by atoms with Crippen molar-refractivity contribution in [2.45, 2.75) is 43.4 Å². The fourth-order valence-corrected chi connectivity index (χ4v) is 3.99. The number of nitrogens with one attached hydrogen (secondary N) is 1. The van der Waals surface area contributed by atoms with E-state index in [1.165, 1.54) is 19.2 Å². The molecule has 1 rings (SSSR count). The topological polar surface area (TPSA) is 89.5 Å². The minimum absolute atomic E-state index is 0.0617. The molecule has 0 bridgehead atoms. The number of sulfonamides is 1. The van der Waals surface area contributed by atoms with Gasteiger partial charge in [0.05, 0.1) is 12.0 Å². The molecule has 0 atom stereocenters. The first-order valence-electron chi connectivity index (χ1n) is 7.24. The molecule has 1 aromatic carbocycles. The molecular formula is C15H25NO5S2. The quantitative estimate of drug-likeness (QED) is 0.750. The van der Waals surface area contributed by atoms with Crippen molar-refractivity contribution in [3.8, 4) is 5.75 Å². The van der Waals surface area contributed by atoms with E-state index in [0.29, 0.717) is 6.42 Å². The lowest BCUT2D eigenvalue weighted by molar-refractivity contribution is 0.365. The smallest absolute Gasteiger partial charge is 0.244 e. The molecular weight excluding hydrogens is 338 g/mol. The van der Waals surface area contributed by atoms with Crippen molar-refractivity contribution in [1.82, 2.24) is 4.72 Å². The Kier molecular flexibility index (Phi) is 6.23. The van der Waals surface area contributed by atoms with E-state index >= 15 is 0 Å². The number of benzene rings is 1. The second-order valence-corrected chi connectivity index (χ2v) is 10.4. The summed E-state index contributed by atoms with van der Waals surface area (Å²) < 4.78 is 55.7. The molecule has 0 amide bonds. The highest BCUT2D eigenvalue weighted by atomic mass is 32.2. The molecule has 0 radical (unpaired) electrons. The molecule has 6 nitrogen and oxygen atoms in total. The van der Waals surface area contributed by atoms with E-state index in [9.17, 15) is 16.8 Å². The molecule has 23 heavy (non-hydrogen) atoms. The van der Waals surface area contributed by atoms with Gasteiger partial charge in [-0.25, -0.2) is 21.6 Å². The third kappa shape index (κ3) is 6.12.